The van der Waals surface area contributed by atoms with E-state index in [2.05, 4.69) is 22.2 Å². The van der Waals surface area contributed by atoms with E-state index in [0.717, 1.165) is 5.69 Å². The minimum absolute atomic E-state index is 0.165. The van der Waals surface area contributed by atoms with Crippen molar-refractivity contribution in [1.29, 1.82) is 0 Å². The van der Waals surface area contributed by atoms with Crippen molar-refractivity contribution in [2.45, 2.75) is 31.7 Å². The van der Waals surface area contributed by atoms with Crippen LogP contribution in [0.4, 0.5) is 5.69 Å². The van der Waals surface area contributed by atoms with Crippen LogP contribution in [0.3, 0.4) is 0 Å². The predicted molar refractivity (Wildman–Crippen MR) is 72.6 cm³/mol. The molecule has 1 amide bonds. The Morgan fingerprint density at radius 1 is 1.44 bits per heavy atom. The van der Waals surface area contributed by atoms with Gasteiger partial charge in [-0.05, 0) is 25.0 Å². The molecule has 96 valence electrons. The third kappa shape index (κ3) is 3.32. The van der Waals surface area contributed by atoms with Crippen LogP contribution in [0.5, 0.6) is 0 Å². The van der Waals surface area contributed by atoms with Gasteiger partial charge in [-0.3, -0.25) is 4.79 Å². The van der Waals surface area contributed by atoms with E-state index in [4.69, 9.17) is 0 Å². The highest BCUT2D eigenvalue weighted by molar-refractivity contribution is 5.92. The van der Waals surface area contributed by atoms with Crippen LogP contribution in [0.25, 0.3) is 0 Å². The van der Waals surface area contributed by atoms with E-state index in [9.17, 15) is 4.79 Å². The maximum Gasteiger partial charge on any atom is 0.270 e. The highest BCUT2D eigenvalue weighted by Crippen LogP contribution is 2.21. The van der Waals surface area contributed by atoms with Crippen LogP contribution in [-0.2, 0) is 0 Å². The first-order chi connectivity index (χ1) is 8.79. The number of carbonyl (C=O) groups is 1. The normalized spacial score (nSPS) is 15.3. The minimum atomic E-state index is -0.165. The number of nitrogens with one attached hydrogen (secondary N) is 2. The molecule has 0 saturated heterocycles. The summed E-state index contributed by atoms with van der Waals surface area (Å²) in [6.07, 6.45) is 8.42. The molecule has 1 saturated carbocycles. The summed E-state index contributed by atoms with van der Waals surface area (Å²) in [5, 5.41) is 6.14. The van der Waals surface area contributed by atoms with Gasteiger partial charge in [0.15, 0.2) is 0 Å². The highest BCUT2D eigenvalue weighted by Gasteiger charge is 2.14. The molecule has 0 bridgehead atoms. The van der Waals surface area contributed by atoms with Crippen LogP contribution >= 0.6 is 0 Å². The topological polar surface area (TPSA) is 54.0 Å². The van der Waals surface area contributed by atoms with E-state index in [1.807, 2.05) is 6.07 Å². The Balaban J connectivity index is 1.91. The van der Waals surface area contributed by atoms with Crippen molar-refractivity contribution in [3.05, 3.63) is 36.7 Å². The lowest BCUT2D eigenvalue weighted by molar-refractivity contribution is 0.0953. The van der Waals surface area contributed by atoms with Crippen molar-refractivity contribution < 1.29 is 4.79 Å². The zero-order valence-electron chi connectivity index (χ0n) is 10.5. The van der Waals surface area contributed by atoms with Gasteiger partial charge in [-0.1, -0.05) is 18.9 Å². The largest absolute Gasteiger partial charge is 0.381 e. The fourth-order valence-electron chi connectivity index (χ4n) is 2.17. The molecule has 1 fully saturated rings. The summed E-state index contributed by atoms with van der Waals surface area (Å²) in [5.41, 5.74) is 1.43. The Labute approximate surface area is 108 Å². The van der Waals surface area contributed by atoms with Crippen molar-refractivity contribution in [2.24, 2.45) is 0 Å². The van der Waals surface area contributed by atoms with Crippen LogP contribution < -0.4 is 10.6 Å². The molecule has 0 spiro atoms. The highest BCUT2D eigenvalue weighted by atomic mass is 16.1. The van der Waals surface area contributed by atoms with Gasteiger partial charge in [-0.2, -0.15) is 0 Å². The molecule has 1 aromatic heterocycles. The molecule has 0 atom stereocenters. The molecule has 0 unspecified atom stereocenters. The summed E-state index contributed by atoms with van der Waals surface area (Å²) in [6, 6.07) is 4.22. The predicted octanol–water partition coefficient (Wildman–Crippen LogP) is 2.35. The average molecular weight is 245 g/mol. The summed E-state index contributed by atoms with van der Waals surface area (Å²) in [4.78, 5) is 15.8. The van der Waals surface area contributed by atoms with Gasteiger partial charge in [0.2, 0.25) is 0 Å². The van der Waals surface area contributed by atoms with Gasteiger partial charge >= 0.3 is 0 Å². The van der Waals surface area contributed by atoms with Gasteiger partial charge in [0, 0.05) is 12.6 Å². The Hall–Kier alpha value is -1.84. The summed E-state index contributed by atoms with van der Waals surface area (Å²) in [5.74, 6) is -0.165. The SMILES string of the molecule is C=CCNC(=O)c1ccc(NC2CCCC2)cn1. The van der Waals surface area contributed by atoms with E-state index < -0.39 is 0 Å². The summed E-state index contributed by atoms with van der Waals surface area (Å²) in [6.45, 7) is 4.01. The minimum Gasteiger partial charge on any atom is -0.381 e. The number of hydrogen-bond donors (Lipinski definition) is 2. The van der Waals surface area contributed by atoms with E-state index in [0.29, 0.717) is 18.3 Å². The number of amides is 1. The van der Waals surface area contributed by atoms with Crippen molar-refractivity contribution in [3.8, 4) is 0 Å². The maximum absolute atomic E-state index is 11.6. The number of nitrogens with zero attached hydrogens (tertiary/aromatic N) is 1. The van der Waals surface area contributed by atoms with Crippen molar-refractivity contribution in [3.63, 3.8) is 0 Å². The summed E-state index contributed by atoms with van der Waals surface area (Å²) >= 11 is 0. The summed E-state index contributed by atoms with van der Waals surface area (Å²) < 4.78 is 0. The van der Waals surface area contributed by atoms with Gasteiger partial charge in [-0.15, -0.1) is 6.58 Å². The van der Waals surface area contributed by atoms with Crippen LogP contribution in [0.1, 0.15) is 36.2 Å². The van der Waals surface area contributed by atoms with E-state index in [1.54, 1.807) is 18.3 Å². The first kappa shape index (κ1) is 12.6. The molecule has 0 aromatic carbocycles. The molecule has 1 heterocycles. The number of pyridine rings is 1. The number of hydrogen-bond acceptors (Lipinski definition) is 3. The van der Waals surface area contributed by atoms with Crippen LogP contribution in [0, 0.1) is 0 Å². The first-order valence-corrected chi connectivity index (χ1v) is 6.41. The zero-order valence-corrected chi connectivity index (χ0v) is 10.5. The third-order valence-corrected chi connectivity index (χ3v) is 3.13. The fourth-order valence-corrected chi connectivity index (χ4v) is 2.17. The second-order valence-electron chi connectivity index (χ2n) is 4.56. The molecule has 0 aliphatic heterocycles. The van der Waals surface area contributed by atoms with Crippen molar-refractivity contribution in [1.82, 2.24) is 10.3 Å². The number of carbonyl (C=O) groups excluding carboxylic acids is 1. The first-order valence-electron chi connectivity index (χ1n) is 6.41. The lowest BCUT2D eigenvalue weighted by atomic mass is 10.2. The van der Waals surface area contributed by atoms with E-state index >= 15 is 0 Å². The molecule has 18 heavy (non-hydrogen) atoms. The second kappa shape index (κ2) is 6.19. The molecule has 4 nitrogen and oxygen atoms in total. The Morgan fingerprint density at radius 3 is 2.83 bits per heavy atom. The molecule has 1 aromatic rings. The molecule has 0 radical (unpaired) electrons. The molecule has 1 aliphatic carbocycles. The molecule has 1 aliphatic rings. The average Bonchev–Trinajstić information content (AvgIpc) is 2.89. The lowest BCUT2D eigenvalue weighted by Crippen LogP contribution is -2.24. The monoisotopic (exact) mass is 245 g/mol. The second-order valence-corrected chi connectivity index (χ2v) is 4.56. The number of aromatic nitrogens is 1. The molecule has 2 rings (SSSR count). The van der Waals surface area contributed by atoms with Gasteiger partial charge in [-0.25, -0.2) is 4.98 Å². The summed E-state index contributed by atoms with van der Waals surface area (Å²) in [7, 11) is 0. The number of anilines is 1. The molecule has 2 N–H and O–H groups in total. The van der Waals surface area contributed by atoms with Gasteiger partial charge in [0.05, 0.1) is 11.9 Å². The van der Waals surface area contributed by atoms with Crippen LogP contribution in [0.2, 0.25) is 0 Å². The van der Waals surface area contributed by atoms with Crippen LogP contribution in [-0.4, -0.2) is 23.5 Å². The van der Waals surface area contributed by atoms with Crippen molar-refractivity contribution in [2.75, 3.05) is 11.9 Å². The van der Waals surface area contributed by atoms with Crippen LogP contribution in [0.15, 0.2) is 31.0 Å². The molecule has 4 heteroatoms. The standard InChI is InChI=1S/C14H19N3O/c1-2-9-15-14(18)13-8-7-12(10-16-13)17-11-5-3-4-6-11/h2,7-8,10-11,17H,1,3-6,9H2,(H,15,18). The van der Waals surface area contributed by atoms with Gasteiger partial charge in [0.1, 0.15) is 5.69 Å². The zero-order chi connectivity index (χ0) is 12.8. The van der Waals surface area contributed by atoms with E-state index in [-0.39, 0.29) is 5.91 Å². The van der Waals surface area contributed by atoms with Gasteiger partial charge < -0.3 is 10.6 Å². The molecular weight excluding hydrogens is 226 g/mol. The third-order valence-electron chi connectivity index (χ3n) is 3.13. The Bertz CT molecular complexity index is 408. The van der Waals surface area contributed by atoms with E-state index in [1.165, 1.54) is 25.7 Å². The number of rotatable bonds is 5. The quantitative estimate of drug-likeness (QED) is 0.783. The maximum atomic E-state index is 11.6. The fraction of sp³-hybridized carbons (Fsp3) is 0.429. The lowest BCUT2D eigenvalue weighted by Gasteiger charge is -2.13. The Kier molecular flexibility index (Phi) is 4.34. The molecular formula is C14H19N3O. The van der Waals surface area contributed by atoms with Gasteiger partial charge in [0.25, 0.3) is 5.91 Å². The smallest absolute Gasteiger partial charge is 0.270 e. The Morgan fingerprint density at radius 2 is 2.22 bits per heavy atom. The van der Waals surface area contributed by atoms with Crippen molar-refractivity contribution >= 4 is 11.6 Å².